The van der Waals surface area contributed by atoms with Gasteiger partial charge in [0.15, 0.2) is 5.82 Å². The molecule has 0 aliphatic carbocycles. The van der Waals surface area contributed by atoms with Gasteiger partial charge in [-0.25, -0.2) is 0 Å². The fourth-order valence-corrected chi connectivity index (χ4v) is 2.36. The van der Waals surface area contributed by atoms with Gasteiger partial charge >= 0.3 is 0 Å². The first kappa shape index (κ1) is 13.5. The normalized spacial score (nSPS) is 15.2. The quantitative estimate of drug-likeness (QED) is 0.648. The van der Waals surface area contributed by atoms with E-state index in [1.165, 1.54) is 12.1 Å². The number of nitro benzene ring substituents is 1. The van der Waals surface area contributed by atoms with E-state index in [9.17, 15) is 10.1 Å². The van der Waals surface area contributed by atoms with E-state index >= 15 is 0 Å². The Kier molecular flexibility index (Phi) is 3.53. The Balaban J connectivity index is 1.92. The van der Waals surface area contributed by atoms with Gasteiger partial charge in [0.05, 0.1) is 4.92 Å². The van der Waals surface area contributed by atoms with Gasteiger partial charge in [-0.1, -0.05) is 6.07 Å². The highest BCUT2D eigenvalue weighted by Gasteiger charge is 2.17. The van der Waals surface area contributed by atoms with Crippen LogP contribution < -0.4 is 10.2 Å². The minimum Gasteiger partial charge on any atom is -0.337 e. The number of anilines is 1. The molecule has 3 rings (SSSR count). The zero-order valence-corrected chi connectivity index (χ0v) is 11.7. The Morgan fingerprint density at radius 2 is 2.10 bits per heavy atom. The van der Waals surface area contributed by atoms with Crippen LogP contribution >= 0.6 is 0 Å². The van der Waals surface area contributed by atoms with Crippen molar-refractivity contribution in [3.05, 3.63) is 33.9 Å². The second kappa shape index (κ2) is 5.49. The van der Waals surface area contributed by atoms with Crippen LogP contribution in [0.5, 0.6) is 0 Å². The lowest BCUT2D eigenvalue weighted by molar-refractivity contribution is -0.384. The number of rotatable bonds is 3. The summed E-state index contributed by atoms with van der Waals surface area (Å²) in [5.74, 6) is 1.20. The Hall–Kier alpha value is -2.48. The zero-order valence-electron chi connectivity index (χ0n) is 11.7. The Bertz CT molecular complexity index is 662. The van der Waals surface area contributed by atoms with E-state index in [1.54, 1.807) is 6.07 Å². The minimum atomic E-state index is -0.406. The maximum Gasteiger partial charge on any atom is 0.270 e. The van der Waals surface area contributed by atoms with E-state index in [0.29, 0.717) is 17.3 Å². The molecule has 1 aromatic heterocycles. The number of nitrogens with zero attached hydrogens (tertiary/aromatic N) is 4. The molecule has 2 N–H and O–H groups in total. The van der Waals surface area contributed by atoms with E-state index in [2.05, 4.69) is 25.4 Å². The van der Waals surface area contributed by atoms with Crippen LogP contribution in [0.2, 0.25) is 0 Å². The smallest absolute Gasteiger partial charge is 0.270 e. The summed E-state index contributed by atoms with van der Waals surface area (Å²) in [5.41, 5.74) is 1.68. The van der Waals surface area contributed by atoms with Crippen molar-refractivity contribution < 1.29 is 4.92 Å². The molecule has 0 atom stereocenters. The summed E-state index contributed by atoms with van der Waals surface area (Å²) in [6.45, 7) is 5.40. The summed E-state index contributed by atoms with van der Waals surface area (Å²) >= 11 is 0. The average Bonchev–Trinajstić information content (AvgIpc) is 2.98. The fraction of sp³-hybridized carbons (Fsp3) is 0.385. The predicted octanol–water partition coefficient (Wildman–Crippen LogP) is 1.10. The molecule has 0 bridgehead atoms. The minimum absolute atomic E-state index is 0.0516. The largest absolute Gasteiger partial charge is 0.337 e. The van der Waals surface area contributed by atoms with Gasteiger partial charge in [-0.15, -0.1) is 5.10 Å². The number of nitro groups is 1. The summed E-state index contributed by atoms with van der Waals surface area (Å²) in [4.78, 5) is 17.0. The number of piperazine rings is 1. The van der Waals surface area contributed by atoms with Crippen molar-refractivity contribution in [1.82, 2.24) is 20.5 Å². The third-order valence-corrected chi connectivity index (χ3v) is 3.56. The number of aromatic nitrogens is 3. The molecule has 0 unspecified atom stereocenters. The molecule has 1 saturated heterocycles. The van der Waals surface area contributed by atoms with Gasteiger partial charge in [-0.05, 0) is 12.5 Å². The van der Waals surface area contributed by atoms with Gasteiger partial charge in [0.2, 0.25) is 5.95 Å². The predicted molar refractivity (Wildman–Crippen MR) is 78.3 cm³/mol. The van der Waals surface area contributed by atoms with Crippen LogP contribution in [0.4, 0.5) is 11.6 Å². The monoisotopic (exact) mass is 288 g/mol. The molecule has 110 valence electrons. The molecule has 1 aliphatic rings. The lowest BCUT2D eigenvalue weighted by Gasteiger charge is -2.25. The van der Waals surface area contributed by atoms with E-state index in [4.69, 9.17) is 0 Å². The highest BCUT2D eigenvalue weighted by atomic mass is 16.6. The number of hydrogen-bond acceptors (Lipinski definition) is 6. The van der Waals surface area contributed by atoms with E-state index in [-0.39, 0.29) is 5.69 Å². The number of benzene rings is 1. The van der Waals surface area contributed by atoms with Crippen LogP contribution in [0.15, 0.2) is 18.2 Å². The van der Waals surface area contributed by atoms with Crippen LogP contribution in [0.25, 0.3) is 11.4 Å². The second-order valence-corrected chi connectivity index (χ2v) is 4.98. The number of non-ortho nitro benzene ring substituents is 1. The molecule has 2 aromatic rings. The van der Waals surface area contributed by atoms with Crippen molar-refractivity contribution in [1.29, 1.82) is 0 Å². The highest BCUT2D eigenvalue weighted by molar-refractivity contribution is 5.64. The Morgan fingerprint density at radius 1 is 1.33 bits per heavy atom. The number of aryl methyl sites for hydroxylation is 1. The molecule has 2 heterocycles. The molecule has 8 nitrogen and oxygen atoms in total. The van der Waals surface area contributed by atoms with Crippen LogP contribution in [-0.4, -0.2) is 46.3 Å². The van der Waals surface area contributed by atoms with Gasteiger partial charge in [-0.2, -0.15) is 4.98 Å². The molecule has 0 spiro atoms. The third-order valence-electron chi connectivity index (χ3n) is 3.56. The lowest BCUT2D eigenvalue weighted by atomic mass is 10.1. The summed E-state index contributed by atoms with van der Waals surface area (Å²) < 4.78 is 0. The first-order valence-corrected chi connectivity index (χ1v) is 6.78. The molecule has 21 heavy (non-hydrogen) atoms. The summed E-state index contributed by atoms with van der Waals surface area (Å²) in [6, 6.07) is 4.74. The molecule has 0 radical (unpaired) electrons. The molecular formula is C13H16N6O2. The third kappa shape index (κ3) is 2.70. The van der Waals surface area contributed by atoms with Crippen molar-refractivity contribution in [3.63, 3.8) is 0 Å². The van der Waals surface area contributed by atoms with Gasteiger partial charge in [0.25, 0.3) is 5.69 Å². The first-order chi connectivity index (χ1) is 10.1. The van der Waals surface area contributed by atoms with Crippen molar-refractivity contribution in [2.75, 3.05) is 31.1 Å². The van der Waals surface area contributed by atoms with Crippen molar-refractivity contribution >= 4 is 11.6 Å². The van der Waals surface area contributed by atoms with Crippen molar-refractivity contribution in [2.45, 2.75) is 6.92 Å². The van der Waals surface area contributed by atoms with E-state index < -0.39 is 4.92 Å². The average molecular weight is 288 g/mol. The number of hydrogen-bond donors (Lipinski definition) is 2. The number of H-pyrrole nitrogens is 1. The van der Waals surface area contributed by atoms with Gasteiger partial charge in [0.1, 0.15) is 0 Å². The van der Waals surface area contributed by atoms with Crippen LogP contribution in [-0.2, 0) is 0 Å². The maximum atomic E-state index is 10.9. The van der Waals surface area contributed by atoms with Crippen LogP contribution in [0, 0.1) is 17.0 Å². The number of aromatic amines is 1. The zero-order chi connectivity index (χ0) is 14.8. The number of nitrogens with one attached hydrogen (secondary N) is 2. The summed E-state index contributed by atoms with van der Waals surface area (Å²) in [7, 11) is 0. The van der Waals surface area contributed by atoms with Gasteiger partial charge in [0, 0.05) is 43.9 Å². The fourth-order valence-electron chi connectivity index (χ4n) is 2.36. The van der Waals surface area contributed by atoms with Crippen LogP contribution in [0.3, 0.4) is 0 Å². The van der Waals surface area contributed by atoms with Crippen molar-refractivity contribution in [3.8, 4) is 11.4 Å². The van der Waals surface area contributed by atoms with Gasteiger partial charge < -0.3 is 10.2 Å². The first-order valence-electron chi connectivity index (χ1n) is 6.78. The lowest BCUT2D eigenvalue weighted by Crippen LogP contribution is -2.44. The molecular weight excluding hydrogens is 272 g/mol. The molecule has 1 aliphatic heterocycles. The highest BCUT2D eigenvalue weighted by Crippen LogP contribution is 2.26. The molecule has 1 fully saturated rings. The van der Waals surface area contributed by atoms with E-state index in [0.717, 1.165) is 31.7 Å². The molecule has 0 saturated carbocycles. The van der Waals surface area contributed by atoms with Crippen LogP contribution in [0.1, 0.15) is 5.56 Å². The Morgan fingerprint density at radius 3 is 2.81 bits per heavy atom. The topological polar surface area (TPSA) is 100.0 Å². The maximum absolute atomic E-state index is 10.9. The Labute approximate surface area is 121 Å². The van der Waals surface area contributed by atoms with Gasteiger partial charge in [-0.3, -0.25) is 15.2 Å². The summed E-state index contributed by atoms with van der Waals surface area (Å²) in [6.07, 6.45) is 0. The SMILES string of the molecule is Cc1ccc([N+](=O)[O-])cc1-c1nc(N2CCNCC2)n[nH]1. The standard InChI is InChI=1S/C13H16N6O2/c1-9-2-3-10(19(20)21)8-11(9)12-15-13(17-16-12)18-6-4-14-5-7-18/h2-3,8,14H,4-7H2,1H3,(H,15,16,17). The second-order valence-electron chi connectivity index (χ2n) is 4.98. The molecule has 1 aromatic carbocycles. The molecule has 8 heteroatoms. The summed E-state index contributed by atoms with van der Waals surface area (Å²) in [5, 5.41) is 21.3. The molecule has 0 amide bonds. The van der Waals surface area contributed by atoms with Crippen molar-refractivity contribution in [2.24, 2.45) is 0 Å². The van der Waals surface area contributed by atoms with E-state index in [1.807, 2.05) is 6.92 Å².